The molecule has 10 aromatic rings. The third kappa shape index (κ3) is 27.0. The second kappa shape index (κ2) is 47.1. The monoisotopic (exact) mass is 1730 g/mol. The first kappa shape index (κ1) is 92.1. The van der Waals surface area contributed by atoms with Crippen LogP contribution in [-0.4, -0.2) is 189 Å². The summed E-state index contributed by atoms with van der Waals surface area (Å²) < 4.78 is 1.09. The third-order valence-corrected chi connectivity index (χ3v) is 25.8. The van der Waals surface area contributed by atoms with Crippen LogP contribution in [0.2, 0.25) is 0 Å². The maximum atomic E-state index is 14.0. The van der Waals surface area contributed by atoms with Crippen LogP contribution >= 0.6 is 11.3 Å². The quantitative estimate of drug-likeness (QED) is 0.0103. The number of aliphatic imine (C=N–C) groups is 3. The molecule has 0 bridgehead atoms. The lowest BCUT2D eigenvalue weighted by Gasteiger charge is -2.29. The Bertz CT molecular complexity index is 5100. The van der Waals surface area contributed by atoms with Crippen LogP contribution < -0.4 is 71.6 Å². The Balaban J connectivity index is 0.000000163. The molecule has 3 fully saturated rings. The van der Waals surface area contributed by atoms with Gasteiger partial charge >= 0.3 is 0 Å². The van der Waals surface area contributed by atoms with E-state index < -0.39 is 12.1 Å². The Kier molecular flexibility index (Phi) is 34.2. The van der Waals surface area contributed by atoms with E-state index >= 15 is 0 Å². The van der Waals surface area contributed by atoms with Gasteiger partial charge in [0, 0.05) is 132 Å². The lowest BCUT2D eigenvalue weighted by molar-refractivity contribution is -0.133. The molecular weight excluding hydrogens is 1610 g/mol. The molecule has 1 aromatic heterocycles. The van der Waals surface area contributed by atoms with Crippen molar-refractivity contribution in [3.8, 4) is 0 Å². The molecule has 4 aliphatic heterocycles. The van der Waals surface area contributed by atoms with Gasteiger partial charge in [0.15, 0.2) is 17.9 Å². The Morgan fingerprint density at radius 2 is 0.701 bits per heavy atom. The number of nitrogens with zero attached hydrogens (tertiary/aromatic N) is 6. The number of rotatable bonds is 33. The smallest absolute Gasteiger partial charge is 0.261 e. The molecule has 19 N–H and O–H groups in total. The van der Waals surface area contributed by atoms with Gasteiger partial charge in [-0.15, -0.1) is 11.3 Å². The topological polar surface area (TPSA) is 390 Å². The van der Waals surface area contributed by atoms with Gasteiger partial charge < -0.3 is 86.3 Å². The molecule has 5 heterocycles. The number of hydrogen-bond donors (Lipinski definition) is 13. The summed E-state index contributed by atoms with van der Waals surface area (Å²) in [5, 5.41) is 24.6. The molecule has 0 saturated carbocycles. The first-order chi connectivity index (χ1) is 61.9. The van der Waals surface area contributed by atoms with Crippen molar-refractivity contribution in [2.75, 3.05) is 78.5 Å². The molecule has 664 valence electrons. The van der Waals surface area contributed by atoms with Gasteiger partial charge in [0.2, 0.25) is 29.5 Å². The summed E-state index contributed by atoms with van der Waals surface area (Å²) in [4.78, 5) is 100. The number of hydrogen-bond acceptors (Lipinski definition) is 14. The Morgan fingerprint density at radius 1 is 0.386 bits per heavy atom. The van der Waals surface area contributed by atoms with Gasteiger partial charge in [-0.25, -0.2) is 0 Å². The van der Waals surface area contributed by atoms with Gasteiger partial charge in [0.05, 0.1) is 29.0 Å². The van der Waals surface area contributed by atoms with Gasteiger partial charge in [0.25, 0.3) is 5.91 Å². The molecule has 1 aliphatic carbocycles. The number of nitrogens with two attached hydrogens (primary N) is 6. The largest absolute Gasteiger partial charge is 0.370 e. The van der Waals surface area contributed by atoms with E-state index in [2.05, 4.69) is 149 Å². The Hall–Kier alpha value is -12.6. The fourth-order valence-electron chi connectivity index (χ4n) is 17.9. The third-order valence-electron chi connectivity index (χ3n) is 24.7. The molecule has 7 atom stereocenters. The lowest BCUT2D eigenvalue weighted by atomic mass is 9.90. The average molecular weight is 1730 g/mol. The fourth-order valence-corrected chi connectivity index (χ4v) is 18.9. The van der Waals surface area contributed by atoms with E-state index in [4.69, 9.17) is 34.4 Å². The highest BCUT2D eigenvalue weighted by Crippen LogP contribution is 2.33. The van der Waals surface area contributed by atoms with Crippen LogP contribution in [0.25, 0.3) is 10.1 Å². The summed E-state index contributed by atoms with van der Waals surface area (Å²) >= 11 is 1.49. The van der Waals surface area contributed by atoms with Crippen LogP contribution in [0.3, 0.4) is 0 Å². The van der Waals surface area contributed by atoms with Gasteiger partial charge in [-0.2, -0.15) is 0 Å². The summed E-state index contributed by atoms with van der Waals surface area (Å²) in [5.74, 6) is 0.447. The molecule has 15 rings (SSSR count). The molecule has 26 heteroatoms. The normalized spacial score (nSPS) is 18.8. The number of fused-ring (bicyclic) bond motifs is 3. The van der Waals surface area contributed by atoms with Crippen molar-refractivity contribution in [2.24, 2.45) is 55.3 Å². The molecule has 127 heavy (non-hydrogen) atoms. The van der Waals surface area contributed by atoms with Crippen LogP contribution in [0, 0.1) is 5.92 Å². The highest BCUT2D eigenvalue weighted by Gasteiger charge is 2.38. The van der Waals surface area contributed by atoms with Crippen LogP contribution in [0.1, 0.15) is 141 Å². The highest BCUT2D eigenvalue weighted by atomic mass is 32.1. The van der Waals surface area contributed by atoms with Crippen molar-refractivity contribution in [2.45, 2.75) is 144 Å². The molecular formula is C101H123N19O6S. The highest BCUT2D eigenvalue weighted by molar-refractivity contribution is 7.20. The maximum absolute atomic E-state index is 14.0. The van der Waals surface area contributed by atoms with E-state index in [-0.39, 0.29) is 107 Å². The van der Waals surface area contributed by atoms with Crippen molar-refractivity contribution in [1.29, 1.82) is 0 Å². The van der Waals surface area contributed by atoms with Crippen molar-refractivity contribution < 1.29 is 28.8 Å². The summed E-state index contributed by atoms with van der Waals surface area (Å²) in [6, 6.07) is 87.0. The van der Waals surface area contributed by atoms with E-state index in [1.54, 1.807) is 0 Å². The van der Waals surface area contributed by atoms with Crippen molar-refractivity contribution in [3.05, 3.63) is 321 Å². The van der Waals surface area contributed by atoms with Crippen LogP contribution in [0.4, 0.5) is 0 Å². The second-order valence-electron chi connectivity index (χ2n) is 33.6. The van der Waals surface area contributed by atoms with Gasteiger partial charge in [-0.3, -0.25) is 43.7 Å². The zero-order valence-corrected chi connectivity index (χ0v) is 73.2. The Labute approximate surface area is 749 Å². The van der Waals surface area contributed by atoms with E-state index in [1.807, 2.05) is 178 Å². The zero-order valence-electron chi connectivity index (χ0n) is 72.4. The van der Waals surface area contributed by atoms with Crippen LogP contribution in [0.5, 0.6) is 0 Å². The fraction of sp³-hybridized carbons (Fsp3) is 0.356. The minimum Gasteiger partial charge on any atom is -0.370 e. The number of thiophene rings is 1. The van der Waals surface area contributed by atoms with E-state index in [0.717, 1.165) is 42.2 Å². The van der Waals surface area contributed by atoms with Crippen LogP contribution in [0.15, 0.2) is 276 Å². The van der Waals surface area contributed by atoms with Gasteiger partial charge in [-0.05, 0) is 150 Å². The second-order valence-corrected chi connectivity index (χ2v) is 34.6. The van der Waals surface area contributed by atoms with E-state index in [0.29, 0.717) is 135 Å². The van der Waals surface area contributed by atoms with Crippen molar-refractivity contribution >= 4 is 74.7 Å². The lowest BCUT2D eigenvalue weighted by Crippen LogP contribution is -2.52. The minimum atomic E-state index is -0.403. The number of nitrogens with one attached hydrogen (secondary N) is 7. The number of guanidine groups is 3. The molecule has 6 amide bonds. The molecule has 0 spiro atoms. The molecule has 0 radical (unpaired) electrons. The first-order valence-corrected chi connectivity index (χ1v) is 45.5. The molecule has 3 saturated heterocycles. The van der Waals surface area contributed by atoms with Crippen molar-refractivity contribution in [1.82, 2.24) is 51.9 Å². The molecule has 25 nitrogen and oxygen atoms in total. The number of carbonyl (C=O) groups excluding carboxylic acids is 6. The van der Waals surface area contributed by atoms with E-state index in [9.17, 15) is 28.8 Å². The summed E-state index contributed by atoms with van der Waals surface area (Å²) in [6.45, 7) is 6.96. The van der Waals surface area contributed by atoms with Gasteiger partial charge in [0.1, 0.15) is 0 Å². The molecule has 9 aromatic carbocycles. The summed E-state index contributed by atoms with van der Waals surface area (Å²) in [6.07, 6.45) is 8.22. The van der Waals surface area contributed by atoms with Gasteiger partial charge in [-0.1, -0.05) is 249 Å². The minimum absolute atomic E-state index is 0.0127. The van der Waals surface area contributed by atoms with E-state index in [1.165, 1.54) is 67.0 Å². The van der Waals surface area contributed by atoms with Crippen LogP contribution in [-0.2, 0) is 49.8 Å². The standard InChI is InChI=1S/C34H43N7O2.C34H42N6O2.C33H38N6O2S/c35-34(36)37-18-9-16-30-33(43)41(23-29(24-10-3-1-4-11-24)25-12-5-2-6-13-25)19-17-28(40-30)22-39-32(42)31-20-26-14-7-8-15-27(26)21-38-31;35-34(36)37-18-9-16-31-33(42)40(23-30(24-10-3-1-4-11-24)25-12-5-2-6-13-25)19-17-29(39-31)22-38-32(41)28-20-26-14-7-8-15-27(26)21-28;34-33(35)36-18-9-15-28-32(41)39(22-27(23-10-3-1-4-11-23)24-12-5-2-6-13-24)19-17-26(38-28)21-37-31(40)30-20-25-14-7-8-16-29(25)42-30/h1-8,10-15,28-31,38,40H,9,16-23H2,(H,39,42)(H4,35,36,37);1-8,10-15,28-31,39H,9,16-23H2,(H,38,41)(H4,35,36,37);1-8,10-14,16,20,26-28,38H,9,15,17-19,21-22H2,(H,37,40)(H4,34,35,36)/t28-,30-,31+;29-,31-;26-,28-/m000/s1. The average Bonchev–Trinajstić information content (AvgIpc) is 1.05. The number of carbonyl (C=O) groups is 6. The Morgan fingerprint density at radius 3 is 1.06 bits per heavy atom. The summed E-state index contributed by atoms with van der Waals surface area (Å²) in [7, 11) is 0. The summed E-state index contributed by atoms with van der Waals surface area (Å²) in [5.41, 5.74) is 45.1. The predicted octanol–water partition coefficient (Wildman–Crippen LogP) is 9.30. The number of amides is 6. The SMILES string of the molecule is NC(N)=NCCC[C@@H]1N[C@H](CNC(=O)C2Cc3ccccc3C2)CCN(CC(c2ccccc2)c2ccccc2)C1=O.NC(N)=NCCC[C@@H]1N[C@H](CNC(=O)[C@H]2Cc3ccccc3CN2)CCN(CC(c2ccccc2)c2ccccc2)C1=O.NC(N)=NCCC[C@@H]1N[C@H](CNC(=O)c2cc3ccccc3s2)CCN(CC(c2ccccc2)c2ccccc2)C1=O. The maximum Gasteiger partial charge on any atom is 0.261 e. The van der Waals surface area contributed by atoms with Crippen molar-refractivity contribution in [3.63, 3.8) is 0 Å². The predicted molar refractivity (Wildman–Crippen MR) is 508 cm³/mol. The first-order valence-electron chi connectivity index (χ1n) is 44.7. The molecule has 0 unspecified atom stereocenters. The molecule has 5 aliphatic rings. The zero-order chi connectivity index (χ0) is 88.6. The number of benzene rings is 9.